The van der Waals surface area contributed by atoms with E-state index >= 15 is 0 Å². The van der Waals surface area contributed by atoms with E-state index in [0.29, 0.717) is 60.3 Å². The number of ether oxygens (including phenoxy) is 2. The first-order valence-corrected chi connectivity index (χ1v) is 16.1. The highest BCUT2D eigenvalue weighted by Crippen LogP contribution is 2.42. The molecule has 0 aromatic heterocycles. The third-order valence-electron chi connectivity index (χ3n) is 8.40. The summed E-state index contributed by atoms with van der Waals surface area (Å²) in [6, 6.07) is 11.9. The number of nitrogens with zero attached hydrogens (tertiary/aromatic N) is 3. The number of benzene rings is 2. The zero-order valence-corrected chi connectivity index (χ0v) is 26.7. The lowest BCUT2D eigenvalue weighted by molar-refractivity contribution is -0.116. The molecular weight excluding hydrogens is 578 g/mol. The number of anilines is 3. The molecule has 3 heterocycles. The van der Waals surface area contributed by atoms with Crippen LogP contribution in [0.5, 0.6) is 11.5 Å². The summed E-state index contributed by atoms with van der Waals surface area (Å²) in [5.41, 5.74) is 4.42. The number of nitrogens with one attached hydrogen (secondary N) is 4. The Bertz CT molecular complexity index is 1390. The van der Waals surface area contributed by atoms with Gasteiger partial charge in [0.25, 0.3) is 0 Å². The zero-order valence-electron chi connectivity index (χ0n) is 25.9. The number of carbonyl (C=O) groups excluding carboxylic acids is 1. The van der Waals surface area contributed by atoms with Crippen molar-refractivity contribution in [3.8, 4) is 17.6 Å². The Morgan fingerprint density at radius 2 is 2.09 bits per heavy atom. The topological polar surface area (TPSA) is 123 Å². The second-order valence-corrected chi connectivity index (χ2v) is 12.5. The van der Waals surface area contributed by atoms with Crippen LogP contribution in [-0.2, 0) is 4.79 Å². The van der Waals surface area contributed by atoms with Crippen LogP contribution in [0.3, 0.4) is 0 Å². The Hall–Kier alpha value is -3.52. The van der Waals surface area contributed by atoms with Crippen molar-refractivity contribution < 1.29 is 14.3 Å². The molecule has 1 saturated heterocycles. The Balaban J connectivity index is 1.29. The van der Waals surface area contributed by atoms with Gasteiger partial charge in [0.1, 0.15) is 11.5 Å². The van der Waals surface area contributed by atoms with E-state index in [2.05, 4.69) is 32.2 Å². The van der Waals surface area contributed by atoms with Gasteiger partial charge in [-0.15, -0.1) is 0 Å². The van der Waals surface area contributed by atoms with Crippen molar-refractivity contribution >= 4 is 40.3 Å². The summed E-state index contributed by atoms with van der Waals surface area (Å²) < 4.78 is 12.0. The summed E-state index contributed by atoms with van der Waals surface area (Å²) >= 11 is 6.70. The van der Waals surface area contributed by atoms with E-state index in [0.717, 1.165) is 62.3 Å². The molecule has 1 amide bonds. The average molecular weight is 622 g/mol. The maximum absolute atomic E-state index is 12.8. The molecule has 5 rings (SSSR count). The number of hydrogen-bond acceptors (Lipinski definition) is 9. The monoisotopic (exact) mass is 621 g/mol. The van der Waals surface area contributed by atoms with Crippen LogP contribution in [0.25, 0.3) is 0 Å². The van der Waals surface area contributed by atoms with Crippen molar-refractivity contribution in [2.75, 3.05) is 69.4 Å². The van der Waals surface area contributed by atoms with E-state index < -0.39 is 0 Å². The van der Waals surface area contributed by atoms with Crippen molar-refractivity contribution in [3.63, 3.8) is 0 Å². The summed E-state index contributed by atoms with van der Waals surface area (Å²) in [7, 11) is 3.98. The first kappa shape index (κ1) is 31.9. The number of amides is 1. The Morgan fingerprint density at radius 3 is 2.86 bits per heavy atom. The molecule has 4 atom stereocenters. The fraction of sp³-hybridized carbons (Fsp3) is 0.545. The summed E-state index contributed by atoms with van der Waals surface area (Å²) in [4.78, 5) is 19.7. The SMILES string of the molecule is CCOc1cc2c(cc1NC(=O)CCCN(C)C)C(Nc1ccc(OCC3CN=C4CCCNC4C3)c(Cl)c1)C(C#N)CN2. The average Bonchev–Trinajstić information content (AvgIpc) is 3.01. The van der Waals surface area contributed by atoms with Gasteiger partial charge in [-0.1, -0.05) is 11.6 Å². The van der Waals surface area contributed by atoms with Crippen LogP contribution in [0.1, 0.15) is 50.6 Å². The van der Waals surface area contributed by atoms with Gasteiger partial charge in [0, 0.05) is 60.2 Å². The maximum atomic E-state index is 12.8. The van der Waals surface area contributed by atoms with Crippen molar-refractivity contribution in [1.82, 2.24) is 10.2 Å². The number of nitriles is 1. The van der Waals surface area contributed by atoms with Gasteiger partial charge >= 0.3 is 0 Å². The third-order valence-corrected chi connectivity index (χ3v) is 8.70. The van der Waals surface area contributed by atoms with Gasteiger partial charge in [-0.25, -0.2) is 0 Å². The molecule has 0 saturated carbocycles. The van der Waals surface area contributed by atoms with Crippen molar-refractivity contribution in [3.05, 3.63) is 40.9 Å². The highest BCUT2D eigenvalue weighted by Gasteiger charge is 2.32. The van der Waals surface area contributed by atoms with E-state index in [1.54, 1.807) is 0 Å². The lowest BCUT2D eigenvalue weighted by Crippen LogP contribution is -2.46. The van der Waals surface area contributed by atoms with Crippen LogP contribution in [0.15, 0.2) is 35.3 Å². The second-order valence-electron chi connectivity index (χ2n) is 12.1. The van der Waals surface area contributed by atoms with Gasteiger partial charge in [-0.05, 0) is 84.1 Å². The minimum Gasteiger partial charge on any atom is -0.492 e. The molecule has 0 bridgehead atoms. The number of hydrogen-bond donors (Lipinski definition) is 4. The molecule has 10 nitrogen and oxygen atoms in total. The van der Waals surface area contributed by atoms with Crippen LogP contribution < -0.4 is 30.7 Å². The first-order chi connectivity index (χ1) is 21.3. The number of fused-ring (bicyclic) bond motifs is 2. The molecule has 236 valence electrons. The fourth-order valence-corrected chi connectivity index (χ4v) is 6.35. The minimum atomic E-state index is -0.357. The molecule has 0 spiro atoms. The quantitative estimate of drug-likeness (QED) is 0.251. The predicted octanol–water partition coefficient (Wildman–Crippen LogP) is 5.33. The molecule has 4 unspecified atom stereocenters. The number of piperidine rings is 1. The minimum absolute atomic E-state index is 0.0734. The van der Waals surface area contributed by atoms with E-state index in [1.165, 1.54) is 5.71 Å². The summed E-state index contributed by atoms with van der Waals surface area (Å²) in [6.45, 7) is 6.08. The molecular formula is C33H44ClN7O3. The molecule has 4 N–H and O–H groups in total. The molecule has 0 aliphatic carbocycles. The van der Waals surface area contributed by atoms with Crippen LogP contribution in [0, 0.1) is 23.2 Å². The predicted molar refractivity (Wildman–Crippen MR) is 176 cm³/mol. The molecule has 3 aliphatic rings. The zero-order chi connectivity index (χ0) is 31.1. The van der Waals surface area contributed by atoms with E-state index in [1.807, 2.05) is 51.4 Å². The number of carbonyl (C=O) groups is 1. The Morgan fingerprint density at radius 1 is 1.23 bits per heavy atom. The molecule has 3 aliphatic heterocycles. The summed E-state index contributed by atoms with van der Waals surface area (Å²) in [5.74, 6) is 1.14. The van der Waals surface area contributed by atoms with Gasteiger partial charge in [0.2, 0.25) is 5.91 Å². The summed E-state index contributed by atoms with van der Waals surface area (Å²) in [6.07, 6.45) is 4.45. The highest BCUT2D eigenvalue weighted by molar-refractivity contribution is 6.32. The number of rotatable bonds is 12. The lowest BCUT2D eigenvalue weighted by Gasteiger charge is -2.33. The van der Waals surface area contributed by atoms with Gasteiger partial charge < -0.3 is 35.6 Å². The summed E-state index contributed by atoms with van der Waals surface area (Å²) in [5, 5.41) is 24.1. The van der Waals surface area contributed by atoms with Gasteiger partial charge in [-0.2, -0.15) is 5.26 Å². The molecule has 11 heteroatoms. The van der Waals surface area contributed by atoms with E-state index in [4.69, 9.17) is 26.1 Å². The number of halogens is 1. The van der Waals surface area contributed by atoms with Crippen LogP contribution in [0.4, 0.5) is 17.1 Å². The van der Waals surface area contributed by atoms with E-state index in [-0.39, 0.29) is 17.9 Å². The standard InChI is InChI=1S/C33H44ClN7O3/c1-4-43-31-16-27-24(15-29(31)40-32(42)8-6-12-41(2)3)33(22(17-35)19-38-27)39-23-9-10-30(25(34)14-23)44-20-21-13-28-26(37-18-21)7-5-11-36-28/h9-10,14-16,21-22,28,33,36,38-39H,4-8,11-13,18-20H2,1-3H3,(H,40,42). The van der Waals surface area contributed by atoms with Crippen LogP contribution >= 0.6 is 11.6 Å². The van der Waals surface area contributed by atoms with Crippen molar-refractivity contribution in [2.24, 2.45) is 16.8 Å². The van der Waals surface area contributed by atoms with Crippen molar-refractivity contribution in [1.29, 1.82) is 5.26 Å². The van der Waals surface area contributed by atoms with Crippen LogP contribution in [-0.4, -0.2) is 76.0 Å². The highest BCUT2D eigenvalue weighted by atomic mass is 35.5. The second kappa shape index (κ2) is 15.0. The van der Waals surface area contributed by atoms with Crippen LogP contribution in [0.2, 0.25) is 5.02 Å². The number of aliphatic imine (C=N–C) groups is 1. The lowest BCUT2D eigenvalue weighted by atomic mass is 9.88. The van der Waals surface area contributed by atoms with Gasteiger partial charge in [0.05, 0.1) is 42.0 Å². The third kappa shape index (κ3) is 7.95. The van der Waals surface area contributed by atoms with Crippen molar-refractivity contribution in [2.45, 2.75) is 51.1 Å². The first-order valence-electron chi connectivity index (χ1n) is 15.7. The maximum Gasteiger partial charge on any atom is 0.224 e. The molecule has 1 fully saturated rings. The van der Waals surface area contributed by atoms with E-state index in [9.17, 15) is 10.1 Å². The largest absolute Gasteiger partial charge is 0.492 e. The van der Waals surface area contributed by atoms with Gasteiger partial charge in [-0.3, -0.25) is 9.79 Å². The fourth-order valence-electron chi connectivity index (χ4n) is 6.12. The normalized spacial score (nSPS) is 22.5. The smallest absolute Gasteiger partial charge is 0.224 e. The molecule has 0 radical (unpaired) electrons. The van der Waals surface area contributed by atoms with Gasteiger partial charge in [0.15, 0.2) is 0 Å². The molecule has 44 heavy (non-hydrogen) atoms. The molecule has 2 aromatic rings. The Labute approximate surface area is 265 Å². The Kier molecular flexibility index (Phi) is 10.9. The molecule has 2 aromatic carbocycles.